The molecule has 0 unspecified atom stereocenters. The van der Waals surface area contributed by atoms with Crippen molar-refractivity contribution in [1.82, 2.24) is 9.97 Å². The minimum atomic E-state index is -0.123. The third-order valence-electron chi connectivity index (χ3n) is 3.65. The Morgan fingerprint density at radius 1 is 1.11 bits per heavy atom. The van der Waals surface area contributed by atoms with Gasteiger partial charge in [-0.1, -0.05) is 38.5 Å². The van der Waals surface area contributed by atoms with Gasteiger partial charge in [-0.15, -0.1) is 11.3 Å². The molecular formula is C21H27N4OS+. The number of anilines is 1. The molecule has 3 aromatic rings. The van der Waals surface area contributed by atoms with E-state index >= 15 is 0 Å². The Balaban J connectivity index is 0.000000817. The largest absolute Gasteiger partial charge is 0.350 e. The summed E-state index contributed by atoms with van der Waals surface area (Å²) in [6, 6.07) is 12.5. The van der Waals surface area contributed by atoms with Crippen LogP contribution in [0.1, 0.15) is 31.4 Å². The molecule has 1 aromatic carbocycles. The molecule has 4 N–H and O–H groups in total. The predicted molar refractivity (Wildman–Crippen MR) is 112 cm³/mol. The maximum Gasteiger partial charge on any atom is 0.281 e. The van der Waals surface area contributed by atoms with Crippen molar-refractivity contribution in [1.29, 1.82) is 0 Å². The third-order valence-corrected chi connectivity index (χ3v) is 4.41. The highest BCUT2D eigenvalue weighted by atomic mass is 32.1. The quantitative estimate of drug-likeness (QED) is 0.682. The standard InChI is InChI=1S/C18H18N4OS.C3H8/c19-11-17(23)22-18-21-16(12-24-18)15-3-1-2-14(10-15)5-4-13-6-8-20-9-7-13;1-3-2/h1-3,6-10,12H,4-5,11,19H2,(H,21,22,23);3H2,1-2H3/p+1. The summed E-state index contributed by atoms with van der Waals surface area (Å²) in [5, 5.41) is 5.31. The molecule has 0 aliphatic carbocycles. The number of hydrogen-bond acceptors (Lipinski definition) is 4. The van der Waals surface area contributed by atoms with Crippen molar-refractivity contribution in [3.8, 4) is 11.3 Å². The number of nitrogens with one attached hydrogen (secondary N) is 1. The van der Waals surface area contributed by atoms with E-state index in [1.165, 1.54) is 28.9 Å². The lowest BCUT2D eigenvalue weighted by Crippen LogP contribution is -2.55. The minimum Gasteiger partial charge on any atom is -0.350 e. The van der Waals surface area contributed by atoms with E-state index in [4.69, 9.17) is 0 Å². The fourth-order valence-corrected chi connectivity index (χ4v) is 3.11. The fraction of sp³-hybridized carbons (Fsp3) is 0.286. The molecule has 0 atom stereocenters. The van der Waals surface area contributed by atoms with Crippen molar-refractivity contribution in [2.75, 3.05) is 11.9 Å². The molecule has 0 spiro atoms. The highest BCUT2D eigenvalue weighted by Gasteiger charge is 2.08. The number of nitrogens with zero attached hydrogens (tertiary/aromatic N) is 2. The average Bonchev–Trinajstić information content (AvgIpc) is 3.16. The number of aryl methyl sites for hydroxylation is 2. The summed E-state index contributed by atoms with van der Waals surface area (Å²) in [6.07, 6.45) is 6.84. The first-order valence-electron chi connectivity index (χ1n) is 9.19. The molecule has 0 aliphatic heterocycles. The zero-order valence-corrected chi connectivity index (χ0v) is 16.8. The van der Waals surface area contributed by atoms with Crippen LogP contribution >= 0.6 is 11.3 Å². The lowest BCUT2D eigenvalue weighted by Gasteiger charge is -2.04. The number of benzene rings is 1. The smallest absolute Gasteiger partial charge is 0.281 e. The van der Waals surface area contributed by atoms with Crippen LogP contribution in [0.15, 0.2) is 54.2 Å². The van der Waals surface area contributed by atoms with Crippen LogP contribution in [0.2, 0.25) is 0 Å². The Kier molecular flexibility index (Phi) is 8.61. The Hall–Kier alpha value is -2.57. The number of hydrogen-bond donors (Lipinski definition) is 2. The van der Waals surface area contributed by atoms with E-state index in [0.29, 0.717) is 5.13 Å². The van der Waals surface area contributed by atoms with E-state index in [1.807, 2.05) is 42.0 Å². The normalized spacial score (nSPS) is 10.0. The first-order chi connectivity index (χ1) is 13.2. The van der Waals surface area contributed by atoms with Crippen molar-refractivity contribution < 1.29 is 10.5 Å². The van der Waals surface area contributed by atoms with Crippen LogP contribution in [-0.2, 0) is 17.6 Å². The molecule has 1 amide bonds. The number of thiazole rings is 1. The molecule has 3 rings (SSSR count). The van der Waals surface area contributed by atoms with Gasteiger partial charge < -0.3 is 5.73 Å². The Labute approximate surface area is 164 Å². The number of carbonyl (C=O) groups excluding carboxylic acids is 1. The second-order valence-corrected chi connectivity index (χ2v) is 6.96. The van der Waals surface area contributed by atoms with Gasteiger partial charge >= 0.3 is 0 Å². The van der Waals surface area contributed by atoms with Gasteiger partial charge in [-0.25, -0.2) is 4.98 Å². The van der Waals surface area contributed by atoms with E-state index in [1.54, 1.807) is 0 Å². The zero-order chi connectivity index (χ0) is 19.5. The van der Waals surface area contributed by atoms with Gasteiger partial charge in [0, 0.05) is 23.3 Å². The molecular weight excluding hydrogens is 356 g/mol. The maximum absolute atomic E-state index is 11.4. The molecule has 0 radical (unpaired) electrons. The number of rotatable bonds is 6. The molecule has 142 valence electrons. The Morgan fingerprint density at radius 2 is 1.81 bits per heavy atom. The van der Waals surface area contributed by atoms with Crippen LogP contribution in [0.25, 0.3) is 11.3 Å². The summed E-state index contributed by atoms with van der Waals surface area (Å²) >= 11 is 1.43. The van der Waals surface area contributed by atoms with E-state index in [2.05, 4.69) is 47.0 Å². The van der Waals surface area contributed by atoms with Crippen LogP contribution < -0.4 is 11.1 Å². The third kappa shape index (κ3) is 6.92. The van der Waals surface area contributed by atoms with Gasteiger partial charge in [-0.2, -0.15) is 0 Å². The zero-order valence-electron chi connectivity index (χ0n) is 15.9. The van der Waals surface area contributed by atoms with Crippen LogP contribution in [0, 0.1) is 0 Å². The fourth-order valence-electron chi connectivity index (χ4n) is 2.37. The van der Waals surface area contributed by atoms with Crippen molar-refractivity contribution in [2.24, 2.45) is 0 Å². The van der Waals surface area contributed by atoms with Gasteiger partial charge in [0.2, 0.25) is 0 Å². The van der Waals surface area contributed by atoms with E-state index < -0.39 is 0 Å². The van der Waals surface area contributed by atoms with Gasteiger partial charge in [0.15, 0.2) is 11.7 Å². The van der Waals surface area contributed by atoms with E-state index in [9.17, 15) is 4.79 Å². The molecule has 6 heteroatoms. The summed E-state index contributed by atoms with van der Waals surface area (Å²) in [5.41, 5.74) is 8.05. The van der Waals surface area contributed by atoms with Crippen LogP contribution in [0.3, 0.4) is 0 Å². The van der Waals surface area contributed by atoms with Crippen LogP contribution in [0.4, 0.5) is 5.13 Å². The Morgan fingerprint density at radius 3 is 2.52 bits per heavy atom. The second kappa shape index (κ2) is 11.2. The minimum absolute atomic E-state index is 0.123. The summed E-state index contributed by atoms with van der Waals surface area (Å²) in [5.74, 6) is -0.123. The van der Waals surface area contributed by atoms with Crippen molar-refractivity contribution in [3.05, 3.63) is 65.3 Å². The average molecular weight is 384 g/mol. The van der Waals surface area contributed by atoms with Gasteiger partial charge in [-0.05, 0) is 42.2 Å². The van der Waals surface area contributed by atoms with Gasteiger partial charge in [0.1, 0.15) is 0 Å². The lowest BCUT2D eigenvalue weighted by molar-refractivity contribution is -0.353. The topological polar surface area (TPSA) is 82.5 Å². The van der Waals surface area contributed by atoms with Gasteiger partial charge in [-0.3, -0.25) is 15.1 Å². The molecule has 0 bridgehead atoms. The molecule has 2 aromatic heterocycles. The first-order valence-corrected chi connectivity index (χ1v) is 10.1. The molecule has 27 heavy (non-hydrogen) atoms. The molecule has 0 aliphatic rings. The Bertz CT molecular complexity index is 833. The molecule has 0 fully saturated rings. The molecule has 0 saturated carbocycles. The molecule has 2 heterocycles. The number of aromatic nitrogens is 2. The SMILES string of the molecule is CCC.[NH3+]CC(=O)Nc1nc(-c2cccc(CCc3ccncc3)c2)cs1. The van der Waals surface area contributed by atoms with Crippen molar-refractivity contribution >= 4 is 22.4 Å². The lowest BCUT2D eigenvalue weighted by atomic mass is 10.0. The molecule has 5 nitrogen and oxygen atoms in total. The summed E-state index contributed by atoms with van der Waals surface area (Å²) in [4.78, 5) is 19.9. The van der Waals surface area contributed by atoms with Crippen LogP contribution in [-0.4, -0.2) is 22.4 Å². The highest BCUT2D eigenvalue weighted by Crippen LogP contribution is 2.25. The summed E-state index contributed by atoms with van der Waals surface area (Å²) in [6.45, 7) is 4.46. The number of carbonyl (C=O) groups is 1. The summed E-state index contributed by atoms with van der Waals surface area (Å²) < 4.78 is 0. The predicted octanol–water partition coefficient (Wildman–Crippen LogP) is 3.59. The van der Waals surface area contributed by atoms with Gasteiger partial charge in [0.05, 0.1) is 5.69 Å². The number of amides is 1. The monoisotopic (exact) mass is 383 g/mol. The number of quaternary nitrogens is 1. The van der Waals surface area contributed by atoms with E-state index in [-0.39, 0.29) is 12.5 Å². The number of pyridine rings is 1. The van der Waals surface area contributed by atoms with Crippen LogP contribution in [0.5, 0.6) is 0 Å². The maximum atomic E-state index is 11.4. The van der Waals surface area contributed by atoms with E-state index in [0.717, 1.165) is 24.1 Å². The van der Waals surface area contributed by atoms with Crippen molar-refractivity contribution in [3.63, 3.8) is 0 Å². The first kappa shape index (κ1) is 20.7. The van der Waals surface area contributed by atoms with Crippen molar-refractivity contribution in [2.45, 2.75) is 33.1 Å². The van der Waals surface area contributed by atoms with Gasteiger partial charge in [0.25, 0.3) is 5.91 Å². The molecule has 0 saturated heterocycles. The highest BCUT2D eigenvalue weighted by molar-refractivity contribution is 7.14. The summed E-state index contributed by atoms with van der Waals surface area (Å²) in [7, 11) is 0. The second-order valence-electron chi connectivity index (χ2n) is 6.10.